The Kier molecular flexibility index (Phi) is 4.07. The fourth-order valence-corrected chi connectivity index (χ4v) is 2.89. The number of anilines is 2. The van der Waals surface area contributed by atoms with Gasteiger partial charge >= 0.3 is 0 Å². The Labute approximate surface area is 131 Å². The van der Waals surface area contributed by atoms with Gasteiger partial charge in [0.2, 0.25) is 0 Å². The van der Waals surface area contributed by atoms with Gasteiger partial charge in [-0.1, -0.05) is 35.9 Å². The van der Waals surface area contributed by atoms with Crippen LogP contribution in [0.4, 0.5) is 11.4 Å². The smallest absolute Gasteiger partial charge is 0.0597 e. The fourth-order valence-electron chi connectivity index (χ4n) is 2.72. The summed E-state index contributed by atoms with van der Waals surface area (Å²) in [5.41, 5.74) is 5.13. The maximum atomic E-state index is 6.14. The summed E-state index contributed by atoms with van der Waals surface area (Å²) in [5, 5.41) is 4.31. The third kappa shape index (κ3) is 3.33. The van der Waals surface area contributed by atoms with E-state index in [9.17, 15) is 0 Å². The van der Waals surface area contributed by atoms with Crippen LogP contribution in [0, 0.1) is 0 Å². The van der Waals surface area contributed by atoms with Crippen molar-refractivity contribution in [3.63, 3.8) is 0 Å². The lowest BCUT2D eigenvalue weighted by Crippen LogP contribution is -2.12. The largest absolute Gasteiger partial charge is 0.379 e. The van der Waals surface area contributed by atoms with E-state index >= 15 is 0 Å². The first-order valence-electron chi connectivity index (χ1n) is 7.43. The lowest BCUT2D eigenvalue weighted by molar-refractivity contribution is 1.03. The van der Waals surface area contributed by atoms with Crippen molar-refractivity contribution < 1.29 is 0 Å². The normalized spacial score (nSPS) is 14.0. The van der Waals surface area contributed by atoms with Crippen LogP contribution in [-0.4, -0.2) is 14.1 Å². The number of nitrogens with zero attached hydrogens (tertiary/aromatic N) is 1. The Balaban J connectivity index is 1.80. The second kappa shape index (κ2) is 5.98. The molecular weight excluding hydrogens is 280 g/mol. The second-order valence-electron chi connectivity index (χ2n) is 5.88. The van der Waals surface area contributed by atoms with Crippen molar-refractivity contribution in [3.8, 4) is 0 Å². The predicted octanol–water partition coefficient (Wildman–Crippen LogP) is 4.90. The SMILES string of the molecule is CN(C)c1ccc(Cl)cc1NCc1ccccc1C1CC1. The minimum atomic E-state index is 0.763. The molecule has 0 aromatic heterocycles. The first-order valence-corrected chi connectivity index (χ1v) is 7.81. The Bertz CT molecular complexity index is 633. The van der Waals surface area contributed by atoms with Crippen LogP contribution in [-0.2, 0) is 6.54 Å². The molecule has 0 atom stereocenters. The molecule has 0 amide bonds. The summed E-state index contributed by atoms with van der Waals surface area (Å²) < 4.78 is 0. The van der Waals surface area contributed by atoms with Crippen LogP contribution < -0.4 is 10.2 Å². The van der Waals surface area contributed by atoms with Gasteiger partial charge in [-0.3, -0.25) is 0 Å². The van der Waals surface area contributed by atoms with Crippen molar-refractivity contribution in [2.45, 2.75) is 25.3 Å². The molecule has 1 fully saturated rings. The van der Waals surface area contributed by atoms with Crippen molar-refractivity contribution in [2.75, 3.05) is 24.3 Å². The van der Waals surface area contributed by atoms with Crippen LogP contribution in [0.5, 0.6) is 0 Å². The van der Waals surface area contributed by atoms with Crippen molar-refractivity contribution in [1.29, 1.82) is 0 Å². The first-order chi connectivity index (χ1) is 10.1. The van der Waals surface area contributed by atoms with E-state index in [0.717, 1.165) is 28.9 Å². The molecule has 110 valence electrons. The average molecular weight is 301 g/mol. The van der Waals surface area contributed by atoms with E-state index in [-0.39, 0.29) is 0 Å². The minimum Gasteiger partial charge on any atom is -0.379 e. The van der Waals surface area contributed by atoms with E-state index in [1.807, 2.05) is 26.2 Å². The molecule has 2 aromatic carbocycles. The summed E-state index contributed by atoms with van der Waals surface area (Å²) in [7, 11) is 4.10. The summed E-state index contributed by atoms with van der Waals surface area (Å²) in [5.74, 6) is 0.774. The average Bonchev–Trinajstić information content (AvgIpc) is 3.29. The van der Waals surface area contributed by atoms with Crippen LogP contribution >= 0.6 is 11.6 Å². The molecule has 2 nitrogen and oxygen atoms in total. The van der Waals surface area contributed by atoms with Gasteiger partial charge in [-0.25, -0.2) is 0 Å². The van der Waals surface area contributed by atoms with E-state index in [1.54, 1.807) is 0 Å². The highest BCUT2D eigenvalue weighted by atomic mass is 35.5. The summed E-state index contributed by atoms with van der Waals surface area (Å²) >= 11 is 6.14. The molecule has 0 heterocycles. The van der Waals surface area contributed by atoms with Gasteiger partial charge in [-0.05, 0) is 48.1 Å². The number of halogens is 1. The molecule has 1 N–H and O–H groups in total. The summed E-state index contributed by atoms with van der Waals surface area (Å²) in [6.07, 6.45) is 2.66. The van der Waals surface area contributed by atoms with Crippen LogP contribution in [0.2, 0.25) is 5.02 Å². The van der Waals surface area contributed by atoms with Crippen LogP contribution in [0.1, 0.15) is 29.9 Å². The minimum absolute atomic E-state index is 0.763. The van der Waals surface area contributed by atoms with Crippen molar-refractivity contribution >= 4 is 23.0 Å². The maximum absolute atomic E-state index is 6.14. The molecule has 0 spiro atoms. The van der Waals surface area contributed by atoms with Crippen LogP contribution in [0.3, 0.4) is 0 Å². The molecular formula is C18H21ClN2. The zero-order chi connectivity index (χ0) is 14.8. The number of benzene rings is 2. The topological polar surface area (TPSA) is 15.3 Å². The van der Waals surface area contributed by atoms with Crippen LogP contribution in [0.25, 0.3) is 0 Å². The zero-order valence-corrected chi connectivity index (χ0v) is 13.3. The van der Waals surface area contributed by atoms with Gasteiger partial charge < -0.3 is 10.2 Å². The molecule has 1 aliphatic rings. The van der Waals surface area contributed by atoms with Gasteiger partial charge in [0.1, 0.15) is 0 Å². The number of hydrogen-bond acceptors (Lipinski definition) is 2. The predicted molar refractivity (Wildman–Crippen MR) is 91.5 cm³/mol. The third-order valence-electron chi connectivity index (χ3n) is 3.98. The molecule has 0 aliphatic heterocycles. The van der Waals surface area contributed by atoms with Gasteiger partial charge in [0, 0.05) is 25.7 Å². The fraction of sp³-hybridized carbons (Fsp3) is 0.333. The second-order valence-corrected chi connectivity index (χ2v) is 6.32. The summed E-state index contributed by atoms with van der Waals surface area (Å²) in [4.78, 5) is 2.10. The summed E-state index contributed by atoms with van der Waals surface area (Å²) in [6.45, 7) is 0.841. The summed E-state index contributed by atoms with van der Waals surface area (Å²) in [6, 6.07) is 14.7. The zero-order valence-electron chi connectivity index (χ0n) is 12.6. The molecule has 3 rings (SSSR count). The van der Waals surface area contributed by atoms with Crippen LogP contribution in [0.15, 0.2) is 42.5 Å². The van der Waals surface area contributed by atoms with Crippen molar-refractivity contribution in [2.24, 2.45) is 0 Å². The van der Waals surface area contributed by atoms with Gasteiger partial charge in [0.15, 0.2) is 0 Å². The standard InChI is InChI=1S/C18H21ClN2/c1-21(2)18-10-9-15(19)11-17(18)20-12-14-5-3-4-6-16(14)13-7-8-13/h3-6,9-11,13,20H,7-8,12H2,1-2H3. The highest BCUT2D eigenvalue weighted by molar-refractivity contribution is 6.31. The van der Waals surface area contributed by atoms with Gasteiger partial charge in [0.25, 0.3) is 0 Å². The molecule has 2 aromatic rings. The van der Waals surface area contributed by atoms with Crippen molar-refractivity contribution in [3.05, 3.63) is 58.6 Å². The van der Waals surface area contributed by atoms with Gasteiger partial charge in [-0.15, -0.1) is 0 Å². The Morgan fingerprint density at radius 1 is 1.14 bits per heavy atom. The van der Waals surface area contributed by atoms with Gasteiger partial charge in [0.05, 0.1) is 11.4 Å². The lowest BCUT2D eigenvalue weighted by Gasteiger charge is -2.19. The van der Waals surface area contributed by atoms with E-state index in [2.05, 4.69) is 40.5 Å². The molecule has 3 heteroatoms. The Morgan fingerprint density at radius 3 is 2.62 bits per heavy atom. The van der Waals surface area contributed by atoms with E-state index in [0.29, 0.717) is 0 Å². The number of hydrogen-bond donors (Lipinski definition) is 1. The van der Waals surface area contributed by atoms with Crippen molar-refractivity contribution in [1.82, 2.24) is 0 Å². The molecule has 0 unspecified atom stereocenters. The molecule has 0 bridgehead atoms. The highest BCUT2D eigenvalue weighted by Crippen LogP contribution is 2.41. The molecule has 21 heavy (non-hydrogen) atoms. The lowest BCUT2D eigenvalue weighted by atomic mass is 10.0. The third-order valence-corrected chi connectivity index (χ3v) is 4.22. The molecule has 1 saturated carbocycles. The Hall–Kier alpha value is -1.67. The highest BCUT2D eigenvalue weighted by Gasteiger charge is 2.25. The quantitative estimate of drug-likeness (QED) is 0.845. The monoisotopic (exact) mass is 300 g/mol. The maximum Gasteiger partial charge on any atom is 0.0597 e. The van der Waals surface area contributed by atoms with E-state index in [1.165, 1.54) is 24.0 Å². The Morgan fingerprint density at radius 2 is 1.90 bits per heavy atom. The van der Waals surface area contributed by atoms with Gasteiger partial charge in [-0.2, -0.15) is 0 Å². The molecule has 1 aliphatic carbocycles. The number of rotatable bonds is 5. The molecule has 0 saturated heterocycles. The van der Waals surface area contributed by atoms with E-state index < -0.39 is 0 Å². The first kappa shape index (κ1) is 14.3. The van der Waals surface area contributed by atoms with E-state index in [4.69, 9.17) is 11.6 Å². The number of nitrogens with one attached hydrogen (secondary N) is 1. The molecule has 0 radical (unpaired) electrons.